The molecule has 0 heterocycles. The fourth-order valence-electron chi connectivity index (χ4n) is 0.840. The average molecular weight is 231 g/mol. The van der Waals surface area contributed by atoms with Crippen molar-refractivity contribution < 1.29 is 9.84 Å². The van der Waals surface area contributed by atoms with Crippen molar-refractivity contribution in [3.63, 3.8) is 0 Å². The first-order valence-electron chi connectivity index (χ1n) is 3.60. The maximum atomic E-state index is 9.32. The van der Waals surface area contributed by atoms with Gasteiger partial charge >= 0.3 is 0 Å². The number of ether oxygens (including phenoxy) is 1. The largest absolute Gasteiger partial charge is 0.507 e. The number of halogens is 1. The molecule has 0 spiro atoms. The average Bonchev–Trinajstić information content (AvgIpc) is 2.20. The van der Waals surface area contributed by atoms with Crippen molar-refractivity contribution in [2.45, 2.75) is 12.5 Å². The predicted octanol–water partition coefficient (Wildman–Crippen LogP) is 2.68. The van der Waals surface area contributed by atoms with Crippen LogP contribution in [0.2, 0.25) is 0 Å². The number of methoxy groups -OCH3 is 1. The number of allylic oxidation sites excluding steroid dienone is 3. The van der Waals surface area contributed by atoms with Gasteiger partial charge in [-0.05, 0) is 47.2 Å². The molecule has 1 unspecified atom stereocenters. The number of aliphatic hydroxyl groups excluding tert-OH is 1. The molecule has 0 saturated heterocycles. The highest BCUT2D eigenvalue weighted by Crippen LogP contribution is 2.23. The van der Waals surface area contributed by atoms with Gasteiger partial charge in [-0.1, -0.05) is 0 Å². The second kappa shape index (κ2) is 3.46. The third-order valence-electron chi connectivity index (χ3n) is 1.82. The summed E-state index contributed by atoms with van der Waals surface area (Å²) < 4.78 is 5.89. The summed E-state index contributed by atoms with van der Waals surface area (Å²) in [4.78, 5) is 0. The molecule has 0 bridgehead atoms. The van der Waals surface area contributed by atoms with Gasteiger partial charge in [0.05, 0.1) is 4.48 Å². The Balaban J connectivity index is 2.98. The molecule has 0 saturated carbocycles. The summed E-state index contributed by atoms with van der Waals surface area (Å²) in [6.45, 7) is 1.92. The minimum Gasteiger partial charge on any atom is -0.507 e. The van der Waals surface area contributed by atoms with E-state index in [1.165, 1.54) is 0 Å². The Bertz CT molecular complexity index is 242. The van der Waals surface area contributed by atoms with E-state index in [1.807, 2.05) is 13.0 Å². The second-order valence-corrected chi connectivity index (χ2v) is 3.64. The van der Waals surface area contributed by atoms with Gasteiger partial charge in [-0.3, -0.25) is 0 Å². The fraction of sp³-hybridized carbons (Fsp3) is 0.333. The Kier molecular flexibility index (Phi) is 2.75. The quantitative estimate of drug-likeness (QED) is 0.751. The highest BCUT2D eigenvalue weighted by Gasteiger charge is 2.17. The van der Waals surface area contributed by atoms with E-state index in [9.17, 15) is 5.11 Å². The van der Waals surface area contributed by atoms with E-state index in [-0.39, 0.29) is 5.76 Å². The summed E-state index contributed by atoms with van der Waals surface area (Å²) in [6, 6.07) is 0. The molecule has 1 N–H and O–H groups in total. The van der Waals surface area contributed by atoms with Crippen LogP contribution in [0.15, 0.2) is 34.5 Å². The van der Waals surface area contributed by atoms with Crippen LogP contribution in [0.1, 0.15) is 6.92 Å². The van der Waals surface area contributed by atoms with Gasteiger partial charge in [0.2, 0.25) is 0 Å². The molecule has 1 rings (SSSR count). The van der Waals surface area contributed by atoms with E-state index in [2.05, 4.69) is 15.9 Å². The number of aliphatic hydroxyl groups is 1. The number of hydrogen-bond donors (Lipinski definition) is 1. The van der Waals surface area contributed by atoms with Crippen molar-refractivity contribution in [1.29, 1.82) is 0 Å². The van der Waals surface area contributed by atoms with Crippen molar-refractivity contribution in [3.05, 3.63) is 34.5 Å². The van der Waals surface area contributed by atoms with Crippen LogP contribution in [0.3, 0.4) is 0 Å². The van der Waals surface area contributed by atoms with Gasteiger partial charge < -0.3 is 9.84 Å². The van der Waals surface area contributed by atoms with E-state index in [0.717, 1.165) is 0 Å². The van der Waals surface area contributed by atoms with Crippen molar-refractivity contribution in [2.75, 3.05) is 7.11 Å². The van der Waals surface area contributed by atoms with Crippen LogP contribution in [0.5, 0.6) is 0 Å². The minimum absolute atomic E-state index is 0.215. The van der Waals surface area contributed by atoms with Crippen molar-refractivity contribution in [3.8, 4) is 0 Å². The fourth-order valence-corrected chi connectivity index (χ4v) is 1.10. The van der Waals surface area contributed by atoms with Crippen LogP contribution in [0, 0.1) is 0 Å². The third-order valence-corrected chi connectivity index (χ3v) is 2.49. The zero-order valence-corrected chi connectivity index (χ0v) is 8.63. The van der Waals surface area contributed by atoms with E-state index < -0.39 is 5.60 Å². The molecule has 0 aliphatic heterocycles. The highest BCUT2D eigenvalue weighted by molar-refractivity contribution is 9.11. The molecule has 0 aromatic carbocycles. The Morgan fingerprint density at radius 1 is 1.42 bits per heavy atom. The van der Waals surface area contributed by atoms with Crippen LogP contribution >= 0.6 is 15.9 Å². The van der Waals surface area contributed by atoms with Crippen LogP contribution in [0.25, 0.3) is 0 Å². The molecule has 1 aliphatic rings. The lowest BCUT2D eigenvalue weighted by Gasteiger charge is -2.18. The van der Waals surface area contributed by atoms with E-state index >= 15 is 0 Å². The summed E-state index contributed by atoms with van der Waals surface area (Å²) >= 11 is 3.22. The maximum absolute atomic E-state index is 9.32. The van der Waals surface area contributed by atoms with Gasteiger partial charge in [0, 0.05) is 7.11 Å². The first-order valence-corrected chi connectivity index (χ1v) is 4.39. The smallest absolute Gasteiger partial charge is 0.129 e. The lowest BCUT2D eigenvalue weighted by molar-refractivity contribution is 0.0907. The second-order valence-electron chi connectivity index (χ2n) is 2.79. The standard InChI is InChI=1S/C9H11BrO2/c1-9(12-2)5-3-7(10)8(11)4-6-9/h3-6,11H,1-2H3. The molecular formula is C9H11BrO2. The van der Waals surface area contributed by atoms with Gasteiger partial charge in [0.15, 0.2) is 0 Å². The zero-order valence-electron chi connectivity index (χ0n) is 7.04. The zero-order chi connectivity index (χ0) is 9.19. The lowest BCUT2D eigenvalue weighted by Crippen LogP contribution is -2.20. The molecule has 0 amide bonds. The Morgan fingerprint density at radius 3 is 2.58 bits per heavy atom. The van der Waals surface area contributed by atoms with E-state index in [1.54, 1.807) is 25.3 Å². The molecule has 0 fully saturated rings. The van der Waals surface area contributed by atoms with Crippen LogP contribution in [0.4, 0.5) is 0 Å². The van der Waals surface area contributed by atoms with Crippen molar-refractivity contribution >= 4 is 15.9 Å². The Morgan fingerprint density at radius 2 is 2.00 bits per heavy atom. The maximum Gasteiger partial charge on any atom is 0.129 e. The predicted molar refractivity (Wildman–Crippen MR) is 52.3 cm³/mol. The van der Waals surface area contributed by atoms with Crippen LogP contribution in [-0.2, 0) is 4.74 Å². The molecule has 1 atom stereocenters. The van der Waals surface area contributed by atoms with Crippen LogP contribution < -0.4 is 0 Å². The highest BCUT2D eigenvalue weighted by atomic mass is 79.9. The van der Waals surface area contributed by atoms with E-state index in [0.29, 0.717) is 4.48 Å². The van der Waals surface area contributed by atoms with Gasteiger partial charge in [-0.25, -0.2) is 0 Å². The number of hydrogen-bond acceptors (Lipinski definition) is 2. The summed E-state index contributed by atoms with van der Waals surface area (Å²) in [5.41, 5.74) is -0.427. The Labute approximate surface area is 80.4 Å². The molecule has 0 aromatic heterocycles. The van der Waals surface area contributed by atoms with Gasteiger partial charge in [-0.2, -0.15) is 0 Å². The molecule has 2 nitrogen and oxygen atoms in total. The van der Waals surface area contributed by atoms with Crippen molar-refractivity contribution in [2.24, 2.45) is 0 Å². The SMILES string of the molecule is COC1(C)C=CC(O)=C(Br)C=C1. The molecular weight excluding hydrogens is 220 g/mol. The van der Waals surface area contributed by atoms with Gasteiger partial charge in [0.1, 0.15) is 11.4 Å². The third kappa shape index (κ3) is 1.99. The first-order chi connectivity index (χ1) is 5.57. The molecule has 1 aliphatic carbocycles. The Hall–Kier alpha value is -0.540. The van der Waals surface area contributed by atoms with Crippen molar-refractivity contribution in [1.82, 2.24) is 0 Å². The molecule has 0 aromatic rings. The summed E-state index contributed by atoms with van der Waals surface area (Å²) in [7, 11) is 1.63. The van der Waals surface area contributed by atoms with Gasteiger partial charge in [0.25, 0.3) is 0 Å². The summed E-state index contributed by atoms with van der Waals surface area (Å²) in [6.07, 6.45) is 7.07. The first kappa shape index (κ1) is 9.55. The lowest BCUT2D eigenvalue weighted by atomic mass is 10.1. The summed E-state index contributed by atoms with van der Waals surface area (Å²) in [5, 5.41) is 9.32. The molecule has 0 radical (unpaired) electrons. The van der Waals surface area contributed by atoms with E-state index in [4.69, 9.17) is 4.74 Å². The monoisotopic (exact) mass is 230 g/mol. The number of rotatable bonds is 1. The molecule has 66 valence electrons. The molecule has 12 heavy (non-hydrogen) atoms. The summed E-state index contributed by atoms with van der Waals surface area (Å²) in [5.74, 6) is 0.215. The minimum atomic E-state index is -0.427. The van der Waals surface area contributed by atoms with Crippen LogP contribution in [-0.4, -0.2) is 17.8 Å². The topological polar surface area (TPSA) is 29.5 Å². The molecule has 3 heteroatoms. The van der Waals surface area contributed by atoms with Gasteiger partial charge in [-0.15, -0.1) is 0 Å². The normalized spacial score (nSPS) is 29.2.